The number of likely N-dealkylation sites (N-methyl/N-ethyl adjacent to an activating group) is 1. The second-order valence-corrected chi connectivity index (χ2v) is 9.75. The maximum atomic E-state index is 12.7. The molecule has 210 valence electrons. The highest BCUT2D eigenvalue weighted by molar-refractivity contribution is 6.30. The van der Waals surface area contributed by atoms with Crippen LogP contribution in [0.5, 0.6) is 0 Å². The Morgan fingerprint density at radius 1 is 1.15 bits per heavy atom. The molecule has 2 aromatic carbocycles. The van der Waals surface area contributed by atoms with Crippen molar-refractivity contribution in [3.05, 3.63) is 70.8 Å². The zero-order valence-corrected chi connectivity index (χ0v) is 23.3. The summed E-state index contributed by atoms with van der Waals surface area (Å²) in [5.74, 6) is 0.414. The maximum Gasteiger partial charge on any atom is 0.323 e. The second-order valence-electron chi connectivity index (χ2n) is 9.39. The van der Waals surface area contributed by atoms with Crippen LogP contribution in [0.1, 0.15) is 49.7 Å². The number of nitrogens with one attached hydrogen (secondary N) is 2. The van der Waals surface area contributed by atoms with Gasteiger partial charge in [0.25, 0.3) is 0 Å². The molecule has 1 amide bonds. The molecule has 1 atom stereocenters. The van der Waals surface area contributed by atoms with E-state index in [0.29, 0.717) is 23.2 Å². The molecule has 11 nitrogen and oxygen atoms in total. The third-order valence-electron chi connectivity index (χ3n) is 6.64. The fourth-order valence-corrected chi connectivity index (χ4v) is 4.69. The van der Waals surface area contributed by atoms with Crippen molar-refractivity contribution >= 4 is 23.5 Å². The van der Waals surface area contributed by atoms with Crippen LogP contribution in [0.15, 0.2) is 48.5 Å². The minimum absolute atomic E-state index is 0.0400. The van der Waals surface area contributed by atoms with Crippen molar-refractivity contribution in [3.8, 4) is 22.5 Å². The molecule has 40 heavy (non-hydrogen) atoms. The van der Waals surface area contributed by atoms with Crippen LogP contribution >= 0.6 is 11.6 Å². The van der Waals surface area contributed by atoms with Crippen molar-refractivity contribution in [1.29, 1.82) is 0 Å². The number of benzene rings is 2. The quantitative estimate of drug-likeness (QED) is 0.196. The number of ether oxygens (including phenoxy) is 1. The molecule has 0 bridgehead atoms. The Bertz CT molecular complexity index is 1420. The summed E-state index contributed by atoms with van der Waals surface area (Å²) in [4.78, 5) is 28.4. The van der Waals surface area contributed by atoms with E-state index >= 15 is 0 Å². The highest BCUT2D eigenvalue weighted by Gasteiger charge is 2.22. The summed E-state index contributed by atoms with van der Waals surface area (Å²) in [6.07, 6.45) is 3.04. The van der Waals surface area contributed by atoms with Crippen molar-refractivity contribution in [2.45, 2.75) is 58.2 Å². The molecule has 0 fully saturated rings. The number of hydrogen-bond donors (Lipinski definition) is 3. The first-order valence-electron chi connectivity index (χ1n) is 13.2. The number of aromatic nitrogens is 6. The second kappa shape index (κ2) is 13.8. The molecule has 0 radical (unpaired) electrons. The Kier molecular flexibility index (Phi) is 9.98. The summed E-state index contributed by atoms with van der Waals surface area (Å²) in [6.45, 7) is 2.59. The van der Waals surface area contributed by atoms with Crippen LogP contribution in [-0.4, -0.2) is 55.1 Å². The van der Waals surface area contributed by atoms with Gasteiger partial charge in [0.2, 0.25) is 11.7 Å². The van der Waals surface area contributed by atoms with Gasteiger partial charge in [0.05, 0.1) is 5.69 Å². The molecule has 0 aliphatic carbocycles. The van der Waals surface area contributed by atoms with E-state index in [9.17, 15) is 9.59 Å². The predicted octanol–water partition coefficient (Wildman–Crippen LogP) is 3.67. The lowest BCUT2D eigenvalue weighted by atomic mass is 9.98. The zero-order valence-electron chi connectivity index (χ0n) is 22.6. The number of aryl methyl sites for hydroxylation is 1. The van der Waals surface area contributed by atoms with Gasteiger partial charge < -0.3 is 20.4 Å². The van der Waals surface area contributed by atoms with Crippen LogP contribution in [0.3, 0.4) is 0 Å². The summed E-state index contributed by atoms with van der Waals surface area (Å²) < 4.78 is 7.62. The summed E-state index contributed by atoms with van der Waals surface area (Å²) in [5, 5.41) is 17.6. The summed E-state index contributed by atoms with van der Waals surface area (Å²) in [7, 11) is 1.64. The minimum atomic E-state index is -0.648. The van der Waals surface area contributed by atoms with Gasteiger partial charge >= 0.3 is 5.97 Å². The third-order valence-corrected chi connectivity index (χ3v) is 6.94. The summed E-state index contributed by atoms with van der Waals surface area (Å²) >= 11 is 6.55. The number of nitrogens with two attached hydrogens (primary N) is 1. The normalized spacial score (nSPS) is 11.9. The van der Waals surface area contributed by atoms with Crippen LogP contribution in [0.4, 0.5) is 0 Å². The molecule has 0 aliphatic rings. The highest BCUT2D eigenvalue weighted by atomic mass is 35.5. The van der Waals surface area contributed by atoms with Crippen molar-refractivity contribution in [2.24, 2.45) is 5.73 Å². The molecule has 0 saturated heterocycles. The number of H-pyrrole nitrogens is 1. The molecule has 4 N–H and O–H groups in total. The molecule has 2 aromatic heterocycles. The first-order chi connectivity index (χ1) is 19.4. The smallest absolute Gasteiger partial charge is 0.323 e. The number of tetrazole rings is 1. The number of aromatic amines is 1. The Labute approximate surface area is 237 Å². The molecule has 2 heterocycles. The SMILES string of the molecule is CCCCc1nc(Cl)c(COC(=O)[C@H](CCC(N)=O)NC)n1Cc1ccc(-c2ccccc2-c2nn[nH]n2)cc1. The first kappa shape index (κ1) is 28.9. The monoisotopic (exact) mass is 564 g/mol. The van der Waals surface area contributed by atoms with Crippen LogP contribution in [0, 0.1) is 0 Å². The number of imidazole rings is 1. The van der Waals surface area contributed by atoms with Crippen LogP contribution in [0.2, 0.25) is 5.15 Å². The number of nitrogens with zero attached hydrogens (tertiary/aromatic N) is 5. The molecule has 4 aromatic rings. The van der Waals surface area contributed by atoms with Gasteiger partial charge in [0.15, 0.2) is 5.15 Å². The number of carbonyl (C=O) groups excluding carboxylic acids is 2. The average molecular weight is 565 g/mol. The van der Waals surface area contributed by atoms with E-state index in [4.69, 9.17) is 22.1 Å². The largest absolute Gasteiger partial charge is 0.458 e. The van der Waals surface area contributed by atoms with Gasteiger partial charge in [0.1, 0.15) is 18.5 Å². The number of amides is 1. The van der Waals surface area contributed by atoms with Gasteiger partial charge in [0, 0.05) is 24.9 Å². The lowest BCUT2D eigenvalue weighted by Gasteiger charge is -2.16. The molecule has 0 spiro atoms. The number of rotatable bonds is 14. The van der Waals surface area contributed by atoms with Crippen LogP contribution < -0.4 is 11.1 Å². The fourth-order valence-electron chi connectivity index (χ4n) is 4.44. The van der Waals surface area contributed by atoms with Gasteiger partial charge in [-0.25, -0.2) is 4.98 Å². The highest BCUT2D eigenvalue weighted by Crippen LogP contribution is 2.30. The number of esters is 1. The molecular formula is C28H33ClN8O3. The number of primary amides is 1. The summed E-state index contributed by atoms with van der Waals surface area (Å²) in [5.41, 5.74) is 9.78. The van der Waals surface area contributed by atoms with Crippen molar-refractivity contribution < 1.29 is 14.3 Å². The van der Waals surface area contributed by atoms with Gasteiger partial charge in [-0.2, -0.15) is 5.21 Å². The van der Waals surface area contributed by atoms with E-state index in [1.165, 1.54) is 0 Å². The lowest BCUT2D eigenvalue weighted by molar-refractivity contribution is -0.147. The summed E-state index contributed by atoms with van der Waals surface area (Å²) in [6, 6.07) is 15.4. The molecule has 0 aliphatic heterocycles. The van der Waals surface area contributed by atoms with Crippen molar-refractivity contribution in [3.63, 3.8) is 0 Å². The lowest BCUT2D eigenvalue weighted by Crippen LogP contribution is -2.36. The Balaban J connectivity index is 1.55. The van der Waals surface area contributed by atoms with E-state index in [-0.39, 0.29) is 19.4 Å². The Hall–Kier alpha value is -4.09. The van der Waals surface area contributed by atoms with E-state index < -0.39 is 17.9 Å². The topological polar surface area (TPSA) is 154 Å². The fraction of sp³-hybridized carbons (Fsp3) is 0.357. The molecule has 0 unspecified atom stereocenters. The third kappa shape index (κ3) is 7.10. The van der Waals surface area contributed by atoms with Gasteiger partial charge in [-0.3, -0.25) is 9.59 Å². The number of hydrogen-bond acceptors (Lipinski definition) is 8. The predicted molar refractivity (Wildman–Crippen MR) is 151 cm³/mol. The van der Waals surface area contributed by atoms with Crippen molar-refractivity contribution in [1.82, 2.24) is 35.5 Å². The Morgan fingerprint density at radius 2 is 1.90 bits per heavy atom. The molecule has 0 saturated carbocycles. The molecular weight excluding hydrogens is 532 g/mol. The van der Waals surface area contributed by atoms with Crippen molar-refractivity contribution in [2.75, 3.05) is 7.05 Å². The zero-order chi connectivity index (χ0) is 28.5. The molecule has 4 rings (SSSR count). The van der Waals surface area contributed by atoms with Crippen LogP contribution in [-0.2, 0) is 33.9 Å². The van der Waals surface area contributed by atoms with Gasteiger partial charge in [-0.05, 0) is 41.8 Å². The Morgan fingerprint density at radius 3 is 2.55 bits per heavy atom. The first-order valence-corrected chi connectivity index (χ1v) is 13.6. The van der Waals surface area contributed by atoms with E-state index in [1.807, 2.05) is 28.8 Å². The number of carbonyl (C=O) groups is 2. The van der Waals surface area contributed by atoms with E-state index in [2.05, 4.69) is 62.1 Å². The van der Waals surface area contributed by atoms with Gasteiger partial charge in [-0.15, -0.1) is 10.2 Å². The number of unbranched alkanes of at least 4 members (excludes halogenated alkanes) is 1. The van der Waals surface area contributed by atoms with Crippen LogP contribution in [0.25, 0.3) is 22.5 Å². The number of halogens is 1. The van der Waals surface area contributed by atoms with Gasteiger partial charge in [-0.1, -0.05) is 73.5 Å². The minimum Gasteiger partial charge on any atom is -0.458 e. The maximum absolute atomic E-state index is 12.7. The standard InChI is InChI=1S/C28H33ClN8O3/c1-3-4-9-25-32-26(29)23(17-40-28(39)22(31-2)14-15-24(30)38)37(25)16-18-10-12-19(13-11-18)20-7-5-6-8-21(20)27-33-35-36-34-27/h5-8,10-13,22,31H,3-4,9,14-17H2,1-2H3,(H2,30,38)(H,33,34,35,36)/t22-/m0/s1. The molecule has 12 heteroatoms. The van der Waals surface area contributed by atoms with E-state index in [0.717, 1.165) is 47.3 Å². The van der Waals surface area contributed by atoms with E-state index in [1.54, 1.807) is 7.05 Å². The average Bonchev–Trinajstić information content (AvgIpc) is 3.59.